The molecular formula is C37H50O3. The molecule has 1 atom stereocenters. The molecule has 3 heteroatoms. The molecule has 0 aliphatic heterocycles. The van der Waals surface area contributed by atoms with Crippen molar-refractivity contribution in [1.29, 1.82) is 0 Å². The summed E-state index contributed by atoms with van der Waals surface area (Å²) in [5, 5.41) is 0. The number of rotatable bonds is 20. The van der Waals surface area contributed by atoms with Gasteiger partial charge in [-0.3, -0.25) is 0 Å². The zero-order chi connectivity index (χ0) is 28.3. The molecule has 216 valence electrons. The van der Waals surface area contributed by atoms with Crippen molar-refractivity contribution in [2.45, 2.75) is 110 Å². The molecular weight excluding hydrogens is 492 g/mol. The average Bonchev–Trinajstić information content (AvgIpc) is 2.99. The van der Waals surface area contributed by atoms with E-state index in [1.807, 2.05) is 25.1 Å². The van der Waals surface area contributed by atoms with Gasteiger partial charge in [-0.25, -0.2) is 4.79 Å². The lowest BCUT2D eigenvalue weighted by atomic mass is 10.0. The maximum absolute atomic E-state index is 12.1. The smallest absolute Gasteiger partial charge is 0.338 e. The molecule has 40 heavy (non-hydrogen) atoms. The van der Waals surface area contributed by atoms with Crippen LogP contribution in [0.25, 0.3) is 11.1 Å². The number of carbonyl (C=O) groups excluding carboxylic acids is 1. The number of hydrogen-bond donors (Lipinski definition) is 0. The van der Waals surface area contributed by atoms with Crippen LogP contribution in [-0.2, 0) is 11.2 Å². The van der Waals surface area contributed by atoms with Crippen LogP contribution in [-0.4, -0.2) is 18.7 Å². The number of aryl methyl sites for hydroxylation is 1. The van der Waals surface area contributed by atoms with Crippen molar-refractivity contribution < 1.29 is 14.3 Å². The van der Waals surface area contributed by atoms with Crippen molar-refractivity contribution in [1.82, 2.24) is 0 Å². The lowest BCUT2D eigenvalue weighted by Gasteiger charge is -2.13. The van der Waals surface area contributed by atoms with E-state index >= 15 is 0 Å². The lowest BCUT2D eigenvalue weighted by Crippen LogP contribution is -2.14. The molecule has 0 spiro atoms. The van der Waals surface area contributed by atoms with Crippen molar-refractivity contribution in [2.75, 3.05) is 6.61 Å². The topological polar surface area (TPSA) is 35.5 Å². The van der Waals surface area contributed by atoms with Gasteiger partial charge in [-0.15, -0.1) is 0 Å². The molecule has 0 heterocycles. The van der Waals surface area contributed by atoms with E-state index in [0.29, 0.717) is 5.56 Å². The molecule has 0 aliphatic carbocycles. The Labute approximate surface area is 243 Å². The third-order valence-corrected chi connectivity index (χ3v) is 7.55. The van der Waals surface area contributed by atoms with Gasteiger partial charge in [-0.2, -0.15) is 0 Å². The highest BCUT2D eigenvalue weighted by molar-refractivity contribution is 5.89. The van der Waals surface area contributed by atoms with E-state index in [-0.39, 0.29) is 12.1 Å². The zero-order valence-electron chi connectivity index (χ0n) is 24.9. The largest absolute Gasteiger partial charge is 0.494 e. The van der Waals surface area contributed by atoms with E-state index in [9.17, 15) is 4.79 Å². The Kier molecular flexibility index (Phi) is 15.0. The van der Waals surface area contributed by atoms with E-state index in [0.717, 1.165) is 38.0 Å². The summed E-state index contributed by atoms with van der Waals surface area (Å²) >= 11 is 0. The third kappa shape index (κ3) is 12.4. The summed E-state index contributed by atoms with van der Waals surface area (Å²) in [6.07, 6.45) is 17.2. The Balaban J connectivity index is 1.25. The average molecular weight is 543 g/mol. The normalized spacial score (nSPS) is 11.8. The standard InChI is InChI=1S/C37H50O3/c1-3-4-5-6-7-8-11-17-30-39-36-28-26-34(27-29-36)33-24-22-32(23-25-33)19-14-10-9-13-18-31(2)40-37(38)35-20-15-12-16-21-35/h12,15-16,20-29,31H,3-11,13-14,17-19,30H2,1-2H3. The van der Waals surface area contributed by atoms with Crippen LogP contribution in [0.1, 0.15) is 113 Å². The molecule has 0 bridgehead atoms. The van der Waals surface area contributed by atoms with Gasteiger partial charge in [0, 0.05) is 0 Å². The fourth-order valence-corrected chi connectivity index (χ4v) is 5.03. The van der Waals surface area contributed by atoms with Crippen LogP contribution < -0.4 is 4.74 Å². The first-order valence-corrected chi connectivity index (χ1v) is 15.7. The van der Waals surface area contributed by atoms with Crippen LogP contribution in [0.5, 0.6) is 5.75 Å². The molecule has 0 saturated carbocycles. The summed E-state index contributed by atoms with van der Waals surface area (Å²) < 4.78 is 11.5. The fraction of sp³-hybridized carbons (Fsp3) is 0.486. The number of carbonyl (C=O) groups is 1. The molecule has 0 saturated heterocycles. The molecule has 3 aromatic carbocycles. The number of esters is 1. The number of benzene rings is 3. The quantitative estimate of drug-likeness (QED) is 0.105. The predicted octanol–water partition coefficient (Wildman–Crippen LogP) is 10.6. The Bertz CT molecular complexity index is 1060. The van der Waals surface area contributed by atoms with Crippen LogP contribution >= 0.6 is 0 Å². The lowest BCUT2D eigenvalue weighted by molar-refractivity contribution is 0.0319. The second-order valence-corrected chi connectivity index (χ2v) is 11.1. The summed E-state index contributed by atoms with van der Waals surface area (Å²) in [6.45, 7) is 5.06. The molecule has 0 N–H and O–H groups in total. The molecule has 0 fully saturated rings. The van der Waals surface area contributed by atoms with E-state index in [2.05, 4.69) is 55.5 Å². The highest BCUT2D eigenvalue weighted by Gasteiger charge is 2.11. The molecule has 0 amide bonds. The second-order valence-electron chi connectivity index (χ2n) is 11.1. The first-order valence-electron chi connectivity index (χ1n) is 15.7. The summed E-state index contributed by atoms with van der Waals surface area (Å²) in [5.41, 5.74) is 4.49. The monoisotopic (exact) mass is 542 g/mol. The van der Waals surface area contributed by atoms with Crippen molar-refractivity contribution in [2.24, 2.45) is 0 Å². The van der Waals surface area contributed by atoms with Crippen molar-refractivity contribution in [3.8, 4) is 16.9 Å². The predicted molar refractivity (Wildman–Crippen MR) is 168 cm³/mol. The third-order valence-electron chi connectivity index (χ3n) is 7.55. The van der Waals surface area contributed by atoms with Crippen LogP contribution in [0.2, 0.25) is 0 Å². The number of unbranched alkanes of at least 4 members (excludes halogenated alkanes) is 10. The minimum Gasteiger partial charge on any atom is -0.494 e. The van der Waals surface area contributed by atoms with Crippen molar-refractivity contribution in [3.63, 3.8) is 0 Å². The Hall–Kier alpha value is -3.07. The molecule has 3 aromatic rings. The summed E-state index contributed by atoms with van der Waals surface area (Å²) in [7, 11) is 0. The molecule has 0 radical (unpaired) electrons. The molecule has 3 nitrogen and oxygen atoms in total. The first-order chi connectivity index (χ1) is 19.7. The van der Waals surface area contributed by atoms with Gasteiger partial charge in [0.05, 0.1) is 18.3 Å². The van der Waals surface area contributed by atoms with E-state index in [1.54, 1.807) is 12.1 Å². The highest BCUT2D eigenvalue weighted by Crippen LogP contribution is 2.24. The van der Waals surface area contributed by atoms with Crippen LogP contribution in [0.4, 0.5) is 0 Å². The first kappa shape index (κ1) is 31.5. The van der Waals surface area contributed by atoms with Gasteiger partial charge in [-0.1, -0.05) is 119 Å². The molecule has 0 aromatic heterocycles. The van der Waals surface area contributed by atoms with Crippen LogP contribution in [0.3, 0.4) is 0 Å². The van der Waals surface area contributed by atoms with E-state index < -0.39 is 0 Å². The Morgan fingerprint density at radius 2 is 1.23 bits per heavy atom. The van der Waals surface area contributed by atoms with Crippen molar-refractivity contribution in [3.05, 3.63) is 90.0 Å². The number of hydrogen-bond acceptors (Lipinski definition) is 3. The van der Waals surface area contributed by atoms with Gasteiger partial charge in [0.25, 0.3) is 0 Å². The van der Waals surface area contributed by atoms with Crippen LogP contribution in [0, 0.1) is 0 Å². The fourth-order valence-electron chi connectivity index (χ4n) is 5.03. The summed E-state index contributed by atoms with van der Waals surface area (Å²) in [6, 6.07) is 26.7. The van der Waals surface area contributed by atoms with Gasteiger partial charge in [-0.05, 0) is 80.0 Å². The summed E-state index contributed by atoms with van der Waals surface area (Å²) in [4.78, 5) is 12.1. The maximum Gasteiger partial charge on any atom is 0.338 e. The van der Waals surface area contributed by atoms with Gasteiger partial charge in [0.1, 0.15) is 5.75 Å². The SMILES string of the molecule is CCCCCCCCCCOc1ccc(-c2ccc(CCCCCCC(C)OC(=O)c3ccccc3)cc2)cc1. The number of ether oxygens (including phenoxy) is 2. The van der Waals surface area contributed by atoms with Gasteiger partial charge >= 0.3 is 5.97 Å². The minimum atomic E-state index is -0.227. The minimum absolute atomic E-state index is 0.0456. The van der Waals surface area contributed by atoms with Gasteiger partial charge < -0.3 is 9.47 Å². The Morgan fingerprint density at radius 1 is 0.650 bits per heavy atom. The highest BCUT2D eigenvalue weighted by atomic mass is 16.5. The van der Waals surface area contributed by atoms with Crippen molar-refractivity contribution >= 4 is 5.97 Å². The Morgan fingerprint density at radius 3 is 1.90 bits per heavy atom. The van der Waals surface area contributed by atoms with E-state index in [1.165, 1.54) is 80.9 Å². The molecule has 3 rings (SSSR count). The van der Waals surface area contributed by atoms with Crippen LogP contribution in [0.15, 0.2) is 78.9 Å². The zero-order valence-corrected chi connectivity index (χ0v) is 24.9. The summed E-state index contributed by atoms with van der Waals surface area (Å²) in [5.74, 6) is 0.738. The second kappa shape index (κ2) is 19.1. The van der Waals surface area contributed by atoms with E-state index in [4.69, 9.17) is 9.47 Å². The molecule has 0 aliphatic rings. The molecule has 1 unspecified atom stereocenters. The van der Waals surface area contributed by atoms with Gasteiger partial charge in [0.2, 0.25) is 0 Å². The maximum atomic E-state index is 12.1. The van der Waals surface area contributed by atoms with Gasteiger partial charge in [0.15, 0.2) is 0 Å².